The number of amides is 2. The fraction of sp³-hybridized carbons (Fsp3) is 0.250. The fourth-order valence-corrected chi connectivity index (χ4v) is 4.59. The Morgan fingerprint density at radius 1 is 0.912 bits per heavy atom. The first-order valence-electron chi connectivity index (χ1n) is 10.7. The summed E-state index contributed by atoms with van der Waals surface area (Å²) in [5.41, 5.74) is 10.5. The molecule has 4 aromatic rings. The largest absolute Gasteiger partial charge is 0.281 e. The molecule has 0 fully saturated rings. The summed E-state index contributed by atoms with van der Waals surface area (Å²) in [4.78, 5) is 39.1. The minimum absolute atomic E-state index is 0.0552. The Labute approximate surface area is 201 Å². The molecule has 0 atom stereocenters. The van der Waals surface area contributed by atoms with Crippen LogP contribution in [0.4, 0.5) is 0 Å². The lowest BCUT2D eigenvalue weighted by molar-refractivity contribution is -0.121. The number of carbonyl (C=O) groups excluding carboxylic acids is 2. The van der Waals surface area contributed by atoms with Crippen LogP contribution in [0.5, 0.6) is 0 Å². The van der Waals surface area contributed by atoms with E-state index in [2.05, 4.69) is 30.9 Å². The van der Waals surface area contributed by atoms with Crippen LogP contribution in [-0.2, 0) is 11.2 Å². The van der Waals surface area contributed by atoms with Crippen molar-refractivity contribution in [3.8, 4) is 16.5 Å². The van der Waals surface area contributed by atoms with Crippen LogP contribution in [0.2, 0.25) is 0 Å². The van der Waals surface area contributed by atoms with E-state index in [4.69, 9.17) is 0 Å². The smallest absolute Gasteiger partial charge is 0.273 e. The van der Waals surface area contributed by atoms with Gasteiger partial charge in [-0.25, -0.2) is 19.6 Å². The Morgan fingerprint density at radius 3 is 2.26 bits per heavy atom. The van der Waals surface area contributed by atoms with Gasteiger partial charge in [-0.3, -0.25) is 20.4 Å². The number of aryl methyl sites for hydroxylation is 4. The third kappa shape index (κ3) is 4.86. The van der Waals surface area contributed by atoms with Gasteiger partial charge in [0.1, 0.15) is 9.88 Å². The number of aromatic nitrogens is 5. The van der Waals surface area contributed by atoms with Crippen molar-refractivity contribution in [2.75, 3.05) is 0 Å². The van der Waals surface area contributed by atoms with Gasteiger partial charge in [0.2, 0.25) is 5.91 Å². The Balaban J connectivity index is 1.43. The first kappa shape index (κ1) is 23.2. The molecule has 0 unspecified atom stereocenters. The Kier molecular flexibility index (Phi) is 6.51. The van der Waals surface area contributed by atoms with Crippen LogP contribution in [0.25, 0.3) is 16.5 Å². The molecule has 1 aromatic carbocycles. The molecule has 2 N–H and O–H groups in total. The molecule has 34 heavy (non-hydrogen) atoms. The SMILES string of the molecule is Cc1cc(C)nc(-n2nc(C)c(CC(=O)NNC(=O)c3sc(-c4ccccc4)nc3C)c2C)n1. The van der Waals surface area contributed by atoms with Gasteiger partial charge in [-0.2, -0.15) is 5.10 Å². The van der Waals surface area contributed by atoms with Gasteiger partial charge in [0.15, 0.2) is 0 Å². The number of carbonyl (C=O) groups is 2. The summed E-state index contributed by atoms with van der Waals surface area (Å²) in [6.07, 6.45) is 0.0552. The zero-order valence-corrected chi connectivity index (χ0v) is 20.4. The number of hydrazine groups is 1. The Hall–Kier alpha value is -3.92. The van der Waals surface area contributed by atoms with Crippen LogP contribution in [0.15, 0.2) is 36.4 Å². The van der Waals surface area contributed by atoms with E-state index in [1.165, 1.54) is 11.3 Å². The zero-order chi connectivity index (χ0) is 24.4. The molecular formula is C24H25N7O2S. The van der Waals surface area contributed by atoms with Crippen LogP contribution in [0.1, 0.15) is 43.7 Å². The molecule has 0 saturated carbocycles. The van der Waals surface area contributed by atoms with Gasteiger partial charge in [0.05, 0.1) is 17.8 Å². The summed E-state index contributed by atoms with van der Waals surface area (Å²) in [6.45, 7) is 9.27. The number of hydrogen-bond donors (Lipinski definition) is 2. The minimum atomic E-state index is -0.404. The van der Waals surface area contributed by atoms with E-state index in [9.17, 15) is 9.59 Å². The van der Waals surface area contributed by atoms with Gasteiger partial charge in [-0.1, -0.05) is 30.3 Å². The van der Waals surface area contributed by atoms with Crippen molar-refractivity contribution in [2.24, 2.45) is 0 Å². The zero-order valence-electron chi connectivity index (χ0n) is 19.6. The number of thiazole rings is 1. The van der Waals surface area contributed by atoms with Gasteiger partial charge in [-0.05, 0) is 40.7 Å². The number of nitrogens with one attached hydrogen (secondary N) is 2. The predicted octanol–water partition coefficient (Wildman–Crippen LogP) is 3.33. The van der Waals surface area contributed by atoms with Gasteiger partial charge in [-0.15, -0.1) is 11.3 Å². The highest BCUT2D eigenvalue weighted by molar-refractivity contribution is 7.17. The van der Waals surface area contributed by atoms with Gasteiger partial charge < -0.3 is 0 Å². The number of rotatable bonds is 5. The van der Waals surface area contributed by atoms with Crippen LogP contribution < -0.4 is 10.9 Å². The number of hydrogen-bond acceptors (Lipinski definition) is 7. The maximum absolute atomic E-state index is 12.7. The van der Waals surface area contributed by atoms with Crippen molar-refractivity contribution in [3.05, 3.63) is 75.3 Å². The second-order valence-corrected chi connectivity index (χ2v) is 8.99. The summed E-state index contributed by atoms with van der Waals surface area (Å²) in [6, 6.07) is 11.5. The quantitative estimate of drug-likeness (QED) is 0.428. The monoisotopic (exact) mass is 475 g/mol. The van der Waals surface area contributed by atoms with Crippen molar-refractivity contribution >= 4 is 23.2 Å². The molecule has 9 nitrogen and oxygen atoms in total. The molecule has 0 bridgehead atoms. The lowest BCUT2D eigenvalue weighted by Crippen LogP contribution is -2.42. The van der Waals surface area contributed by atoms with E-state index in [0.29, 0.717) is 22.2 Å². The highest BCUT2D eigenvalue weighted by Crippen LogP contribution is 2.27. The van der Waals surface area contributed by atoms with Crippen LogP contribution in [0, 0.1) is 34.6 Å². The molecule has 0 aliphatic rings. The van der Waals surface area contributed by atoms with E-state index < -0.39 is 5.91 Å². The summed E-state index contributed by atoms with van der Waals surface area (Å²) >= 11 is 1.28. The molecule has 0 aliphatic carbocycles. The lowest BCUT2D eigenvalue weighted by Gasteiger charge is -2.08. The predicted molar refractivity (Wildman–Crippen MR) is 130 cm³/mol. The highest BCUT2D eigenvalue weighted by Gasteiger charge is 2.20. The third-order valence-corrected chi connectivity index (χ3v) is 6.48. The summed E-state index contributed by atoms with van der Waals surface area (Å²) in [5, 5.41) is 5.27. The topological polar surface area (TPSA) is 115 Å². The molecule has 3 heterocycles. The van der Waals surface area contributed by atoms with Crippen LogP contribution in [-0.4, -0.2) is 36.5 Å². The second kappa shape index (κ2) is 9.52. The normalized spacial score (nSPS) is 10.9. The van der Waals surface area contributed by atoms with Gasteiger partial charge >= 0.3 is 0 Å². The van der Waals surface area contributed by atoms with Gasteiger partial charge in [0, 0.05) is 28.2 Å². The second-order valence-electron chi connectivity index (χ2n) is 7.99. The van der Waals surface area contributed by atoms with Crippen molar-refractivity contribution in [2.45, 2.75) is 41.0 Å². The average molecular weight is 476 g/mol. The van der Waals surface area contributed by atoms with Gasteiger partial charge in [0.25, 0.3) is 11.9 Å². The summed E-state index contributed by atoms with van der Waals surface area (Å²) in [7, 11) is 0. The van der Waals surface area contributed by atoms with E-state index in [0.717, 1.165) is 33.2 Å². The molecule has 10 heteroatoms. The lowest BCUT2D eigenvalue weighted by atomic mass is 10.1. The Morgan fingerprint density at radius 2 is 1.59 bits per heavy atom. The molecule has 0 saturated heterocycles. The van der Waals surface area contributed by atoms with Crippen molar-refractivity contribution in [3.63, 3.8) is 0 Å². The Bertz CT molecular complexity index is 1360. The number of benzene rings is 1. The molecular weight excluding hydrogens is 450 g/mol. The summed E-state index contributed by atoms with van der Waals surface area (Å²) in [5.74, 6) is -0.294. The maximum Gasteiger partial charge on any atom is 0.281 e. The summed E-state index contributed by atoms with van der Waals surface area (Å²) < 4.78 is 1.64. The van der Waals surface area contributed by atoms with E-state index >= 15 is 0 Å². The molecule has 174 valence electrons. The first-order chi connectivity index (χ1) is 16.2. The highest BCUT2D eigenvalue weighted by atomic mass is 32.1. The van der Waals surface area contributed by atoms with Crippen LogP contribution >= 0.6 is 11.3 Å². The van der Waals surface area contributed by atoms with Crippen LogP contribution in [0.3, 0.4) is 0 Å². The van der Waals surface area contributed by atoms with E-state index in [1.807, 2.05) is 64.1 Å². The average Bonchev–Trinajstić information content (AvgIpc) is 3.32. The fourth-order valence-electron chi connectivity index (χ4n) is 3.63. The molecule has 2 amide bonds. The molecule has 0 aliphatic heterocycles. The third-order valence-electron chi connectivity index (χ3n) is 5.28. The molecule has 0 radical (unpaired) electrons. The van der Waals surface area contributed by atoms with E-state index in [1.54, 1.807) is 11.6 Å². The maximum atomic E-state index is 12.7. The molecule has 0 spiro atoms. The number of nitrogens with zero attached hydrogens (tertiary/aromatic N) is 5. The molecule has 3 aromatic heterocycles. The standard InChI is InChI=1S/C24H25N7O2S/c1-13-11-14(2)26-24(25-13)31-17(5)19(15(3)30-31)12-20(32)28-29-22(33)21-16(4)27-23(34-21)18-9-7-6-8-10-18/h6-11H,12H2,1-5H3,(H,28,32)(H,29,33). The van der Waals surface area contributed by atoms with E-state index in [-0.39, 0.29) is 12.3 Å². The minimum Gasteiger partial charge on any atom is -0.273 e. The molecule has 4 rings (SSSR count). The van der Waals surface area contributed by atoms with Crippen molar-refractivity contribution < 1.29 is 9.59 Å². The van der Waals surface area contributed by atoms with Crippen molar-refractivity contribution in [1.82, 2.24) is 35.6 Å². The van der Waals surface area contributed by atoms with Crippen molar-refractivity contribution in [1.29, 1.82) is 0 Å². The first-order valence-corrected chi connectivity index (χ1v) is 11.5.